The molecular formula is C17H18ClNO2. The van der Waals surface area contributed by atoms with Crippen molar-refractivity contribution in [2.24, 2.45) is 0 Å². The van der Waals surface area contributed by atoms with E-state index in [1.165, 1.54) is 0 Å². The Bertz CT molecular complexity index is 628. The number of anilines is 1. The molecule has 21 heavy (non-hydrogen) atoms. The molecule has 1 N–H and O–H groups in total. The van der Waals surface area contributed by atoms with Crippen LogP contribution in [0.5, 0.6) is 0 Å². The van der Waals surface area contributed by atoms with E-state index in [-0.39, 0.29) is 6.42 Å². The second-order valence-corrected chi connectivity index (χ2v) is 5.35. The Balaban J connectivity index is 2.26. The van der Waals surface area contributed by atoms with Crippen molar-refractivity contribution in [2.45, 2.75) is 19.9 Å². The summed E-state index contributed by atoms with van der Waals surface area (Å²) in [6.45, 7) is 3.07. The second-order valence-electron chi connectivity index (χ2n) is 4.94. The largest absolute Gasteiger partial charge is 0.481 e. The van der Waals surface area contributed by atoms with E-state index in [0.29, 0.717) is 18.1 Å². The highest BCUT2D eigenvalue weighted by Gasteiger charge is 2.12. The minimum absolute atomic E-state index is 0.0960. The number of aryl methyl sites for hydroxylation is 1. The zero-order chi connectivity index (χ0) is 15.2. The van der Waals surface area contributed by atoms with Crippen molar-refractivity contribution >= 4 is 23.3 Å². The molecule has 0 aromatic heterocycles. The summed E-state index contributed by atoms with van der Waals surface area (Å²) in [5.41, 5.74) is 3.15. The third-order valence-electron chi connectivity index (χ3n) is 3.37. The van der Waals surface area contributed by atoms with Gasteiger partial charge >= 0.3 is 5.97 Å². The van der Waals surface area contributed by atoms with Gasteiger partial charge in [0.15, 0.2) is 0 Å². The van der Waals surface area contributed by atoms with Gasteiger partial charge in [-0.2, -0.15) is 0 Å². The molecule has 0 bridgehead atoms. The van der Waals surface area contributed by atoms with Crippen molar-refractivity contribution in [3.8, 4) is 0 Å². The van der Waals surface area contributed by atoms with Crippen LogP contribution in [-0.4, -0.2) is 17.6 Å². The van der Waals surface area contributed by atoms with Crippen molar-refractivity contribution in [2.75, 3.05) is 11.4 Å². The minimum Gasteiger partial charge on any atom is -0.481 e. The van der Waals surface area contributed by atoms with Crippen LogP contribution in [0.15, 0.2) is 48.5 Å². The van der Waals surface area contributed by atoms with Crippen LogP contribution in [0.25, 0.3) is 0 Å². The molecule has 0 aliphatic heterocycles. The molecule has 0 heterocycles. The quantitative estimate of drug-likeness (QED) is 0.872. The molecule has 0 radical (unpaired) electrons. The van der Waals surface area contributed by atoms with Crippen molar-refractivity contribution in [1.82, 2.24) is 0 Å². The summed E-state index contributed by atoms with van der Waals surface area (Å²) in [6, 6.07) is 15.6. The van der Waals surface area contributed by atoms with Gasteiger partial charge in [-0.15, -0.1) is 0 Å². The first-order valence-electron chi connectivity index (χ1n) is 6.83. The second kappa shape index (κ2) is 7.14. The summed E-state index contributed by atoms with van der Waals surface area (Å²) in [5.74, 6) is -0.798. The molecule has 4 heteroatoms. The van der Waals surface area contributed by atoms with E-state index in [1.54, 1.807) is 0 Å². The molecule has 2 aromatic rings. The summed E-state index contributed by atoms with van der Waals surface area (Å²) < 4.78 is 0. The number of rotatable bonds is 6. The zero-order valence-corrected chi connectivity index (χ0v) is 12.7. The summed E-state index contributed by atoms with van der Waals surface area (Å²) in [4.78, 5) is 12.9. The maximum Gasteiger partial charge on any atom is 0.305 e. The third-order valence-corrected chi connectivity index (χ3v) is 3.74. The Morgan fingerprint density at radius 1 is 1.14 bits per heavy atom. The number of hydrogen-bond donors (Lipinski definition) is 1. The summed E-state index contributed by atoms with van der Waals surface area (Å²) in [5, 5.41) is 9.65. The van der Waals surface area contributed by atoms with Crippen LogP contribution in [0, 0.1) is 6.92 Å². The molecule has 0 amide bonds. The fourth-order valence-corrected chi connectivity index (χ4v) is 2.46. The van der Waals surface area contributed by atoms with Gasteiger partial charge in [-0.05, 0) is 30.2 Å². The number of halogens is 1. The monoisotopic (exact) mass is 303 g/mol. The van der Waals surface area contributed by atoms with Crippen LogP contribution in [0.4, 0.5) is 5.69 Å². The maximum atomic E-state index is 10.9. The predicted octanol–water partition coefficient (Wildman–Crippen LogP) is 4.13. The lowest BCUT2D eigenvalue weighted by Crippen LogP contribution is -2.26. The van der Waals surface area contributed by atoms with Gasteiger partial charge in [0, 0.05) is 23.8 Å². The number of carboxylic acid groups (broad SMARTS) is 1. The van der Waals surface area contributed by atoms with Gasteiger partial charge in [0.1, 0.15) is 0 Å². The average molecular weight is 304 g/mol. The molecule has 0 saturated carbocycles. The van der Waals surface area contributed by atoms with Crippen LogP contribution in [0.2, 0.25) is 5.02 Å². The first-order chi connectivity index (χ1) is 10.1. The molecule has 0 aliphatic carbocycles. The van der Waals surface area contributed by atoms with Gasteiger partial charge in [-0.25, -0.2) is 0 Å². The average Bonchev–Trinajstić information content (AvgIpc) is 2.46. The van der Waals surface area contributed by atoms with Gasteiger partial charge in [-0.3, -0.25) is 4.79 Å². The third kappa shape index (κ3) is 4.23. The predicted molar refractivity (Wildman–Crippen MR) is 85.9 cm³/mol. The first kappa shape index (κ1) is 15.4. The van der Waals surface area contributed by atoms with E-state index >= 15 is 0 Å². The Morgan fingerprint density at radius 2 is 1.81 bits per heavy atom. The molecule has 110 valence electrons. The molecular weight excluding hydrogens is 286 g/mol. The molecule has 0 unspecified atom stereocenters. The lowest BCUT2D eigenvalue weighted by atomic mass is 10.1. The molecule has 0 fully saturated rings. The van der Waals surface area contributed by atoms with Crippen LogP contribution in [0.1, 0.15) is 17.5 Å². The number of nitrogens with zero attached hydrogens (tertiary/aromatic N) is 1. The van der Waals surface area contributed by atoms with Crippen molar-refractivity contribution < 1.29 is 9.90 Å². The Labute approximate surface area is 129 Å². The van der Waals surface area contributed by atoms with Crippen LogP contribution >= 0.6 is 11.6 Å². The lowest BCUT2D eigenvalue weighted by molar-refractivity contribution is -0.136. The van der Waals surface area contributed by atoms with E-state index in [9.17, 15) is 4.79 Å². The Kier molecular flexibility index (Phi) is 5.23. The van der Waals surface area contributed by atoms with Crippen molar-refractivity contribution in [3.63, 3.8) is 0 Å². The molecule has 0 atom stereocenters. The zero-order valence-electron chi connectivity index (χ0n) is 11.9. The van der Waals surface area contributed by atoms with Crippen molar-refractivity contribution in [3.05, 3.63) is 64.7 Å². The lowest BCUT2D eigenvalue weighted by Gasteiger charge is -2.26. The standard InChI is InChI=1S/C17H18ClNO2/c1-13-6-2-5-9-16(13)19(11-10-17(20)21)12-14-7-3-4-8-15(14)18/h2-9H,10-12H2,1H3,(H,20,21). The highest BCUT2D eigenvalue weighted by molar-refractivity contribution is 6.31. The van der Waals surface area contributed by atoms with Crippen LogP contribution in [0.3, 0.4) is 0 Å². The number of carboxylic acids is 1. The topological polar surface area (TPSA) is 40.5 Å². The maximum absolute atomic E-state index is 10.9. The van der Waals surface area contributed by atoms with E-state index in [1.807, 2.05) is 55.5 Å². The minimum atomic E-state index is -0.798. The SMILES string of the molecule is Cc1ccccc1N(CCC(=O)O)Cc1ccccc1Cl. The number of aliphatic carboxylic acids is 1. The first-order valence-corrected chi connectivity index (χ1v) is 7.21. The fourth-order valence-electron chi connectivity index (χ4n) is 2.27. The van der Waals surface area contributed by atoms with E-state index < -0.39 is 5.97 Å². The number of hydrogen-bond acceptors (Lipinski definition) is 2. The van der Waals surface area contributed by atoms with Gasteiger partial charge in [-0.1, -0.05) is 48.0 Å². The molecule has 2 aromatic carbocycles. The highest BCUT2D eigenvalue weighted by Crippen LogP contribution is 2.24. The van der Waals surface area contributed by atoms with Gasteiger partial charge < -0.3 is 10.0 Å². The molecule has 0 spiro atoms. The normalized spacial score (nSPS) is 10.4. The molecule has 3 nitrogen and oxygen atoms in total. The van der Waals surface area contributed by atoms with E-state index in [4.69, 9.17) is 16.7 Å². The summed E-state index contributed by atoms with van der Waals surface area (Å²) in [6.07, 6.45) is 0.0960. The van der Waals surface area contributed by atoms with Crippen LogP contribution < -0.4 is 4.90 Å². The fraction of sp³-hybridized carbons (Fsp3) is 0.235. The summed E-state index contributed by atoms with van der Waals surface area (Å²) >= 11 is 6.22. The Morgan fingerprint density at radius 3 is 2.48 bits per heavy atom. The smallest absolute Gasteiger partial charge is 0.305 e. The van der Waals surface area contributed by atoms with Gasteiger partial charge in [0.25, 0.3) is 0 Å². The van der Waals surface area contributed by atoms with Crippen LogP contribution in [-0.2, 0) is 11.3 Å². The van der Waals surface area contributed by atoms with Crippen molar-refractivity contribution in [1.29, 1.82) is 0 Å². The molecule has 2 rings (SSSR count). The number of benzene rings is 2. The highest BCUT2D eigenvalue weighted by atomic mass is 35.5. The van der Waals surface area contributed by atoms with Gasteiger partial charge in [0.05, 0.1) is 6.42 Å². The van der Waals surface area contributed by atoms with E-state index in [2.05, 4.69) is 4.90 Å². The number of carbonyl (C=O) groups is 1. The molecule has 0 aliphatic rings. The van der Waals surface area contributed by atoms with E-state index in [0.717, 1.165) is 16.8 Å². The molecule has 0 saturated heterocycles. The van der Waals surface area contributed by atoms with Gasteiger partial charge in [0.2, 0.25) is 0 Å². The Hall–Kier alpha value is -2.00. The number of para-hydroxylation sites is 1. The summed E-state index contributed by atoms with van der Waals surface area (Å²) in [7, 11) is 0.